The van der Waals surface area contributed by atoms with E-state index in [-0.39, 0.29) is 0 Å². The van der Waals surface area contributed by atoms with Crippen molar-refractivity contribution in [3.63, 3.8) is 0 Å². The van der Waals surface area contributed by atoms with Crippen molar-refractivity contribution in [1.82, 2.24) is 4.57 Å². The Morgan fingerprint density at radius 3 is 1.35 bits per heavy atom. The van der Waals surface area contributed by atoms with Crippen LogP contribution in [-0.2, 0) is 6.42 Å². The summed E-state index contributed by atoms with van der Waals surface area (Å²) in [7, 11) is 0. The molecule has 49 heavy (non-hydrogen) atoms. The molecule has 9 rings (SSSR count). The third-order valence-electron chi connectivity index (χ3n) is 9.57. The second-order valence-electron chi connectivity index (χ2n) is 12.5. The van der Waals surface area contributed by atoms with Gasteiger partial charge in [0.25, 0.3) is 0 Å². The van der Waals surface area contributed by atoms with Gasteiger partial charge in [0.05, 0.1) is 22.4 Å². The van der Waals surface area contributed by atoms with Gasteiger partial charge in [-0.3, -0.25) is 0 Å². The van der Waals surface area contributed by atoms with E-state index in [2.05, 4.69) is 169 Å². The van der Waals surface area contributed by atoms with E-state index in [4.69, 9.17) is 11.5 Å². The Balaban J connectivity index is 0.000000148. The van der Waals surface area contributed by atoms with E-state index in [1.165, 1.54) is 55.3 Å². The Morgan fingerprint density at radius 2 is 0.857 bits per heavy atom. The molecular formula is C46H37N3. The monoisotopic (exact) mass is 631 g/mol. The molecule has 0 saturated carbocycles. The molecule has 0 unspecified atom stereocenters. The van der Waals surface area contributed by atoms with Crippen LogP contribution in [0.25, 0.3) is 71.3 Å². The number of benzene rings is 8. The zero-order valence-corrected chi connectivity index (χ0v) is 27.5. The zero-order valence-electron chi connectivity index (χ0n) is 27.5. The van der Waals surface area contributed by atoms with Gasteiger partial charge in [-0.2, -0.15) is 0 Å². The summed E-state index contributed by atoms with van der Waals surface area (Å²) in [5, 5.41) is 6.87. The van der Waals surface area contributed by atoms with Crippen molar-refractivity contribution in [3.05, 3.63) is 175 Å². The molecule has 3 nitrogen and oxygen atoms in total. The molecule has 0 amide bonds. The number of hydrogen-bond donors (Lipinski definition) is 2. The van der Waals surface area contributed by atoms with Gasteiger partial charge in [-0.05, 0) is 81.4 Å². The highest BCUT2D eigenvalue weighted by atomic mass is 15.0. The lowest BCUT2D eigenvalue weighted by molar-refractivity contribution is 1.11. The SMILES string of the molecule is CCc1cccc(-n2c3ccccc3c3ccccc32)c1.Nc1c(N)c2ccc(-c3ccccc3)cc2c2cc(-c3ccccc3)ccc12. The third-order valence-corrected chi connectivity index (χ3v) is 9.57. The number of fused-ring (bicyclic) bond motifs is 6. The van der Waals surface area contributed by atoms with Gasteiger partial charge in [-0.15, -0.1) is 0 Å². The molecular weight excluding hydrogens is 595 g/mol. The van der Waals surface area contributed by atoms with Crippen molar-refractivity contribution in [3.8, 4) is 27.9 Å². The van der Waals surface area contributed by atoms with Crippen LogP contribution in [0.5, 0.6) is 0 Å². The third kappa shape index (κ3) is 5.46. The number of nitrogens with zero attached hydrogens (tertiary/aromatic N) is 1. The van der Waals surface area contributed by atoms with Gasteiger partial charge in [0.1, 0.15) is 0 Å². The number of nitrogen functional groups attached to an aromatic ring is 2. The standard InChI is InChI=1S/C26H20N2.C20H17N/c27-25-21-13-11-19(17-7-3-1-4-8-17)15-23(21)24-16-20(12-14-22(24)26(25)28)18-9-5-2-6-10-18;1-2-15-8-7-9-16(14-15)21-19-12-5-3-10-17(19)18-11-4-6-13-20(18)21/h1-16H,27-28H2;3-14H,2H2,1H3. The predicted octanol–water partition coefficient (Wildman–Crippen LogP) is 11.8. The summed E-state index contributed by atoms with van der Waals surface area (Å²) in [4.78, 5) is 0. The van der Waals surface area contributed by atoms with Crippen LogP contribution in [0.15, 0.2) is 170 Å². The summed E-state index contributed by atoms with van der Waals surface area (Å²) >= 11 is 0. The summed E-state index contributed by atoms with van der Waals surface area (Å²) in [6, 6.07) is 59.7. The van der Waals surface area contributed by atoms with Crippen molar-refractivity contribution in [2.24, 2.45) is 0 Å². The number of nitrogens with two attached hydrogens (primary N) is 2. The van der Waals surface area contributed by atoms with Gasteiger partial charge < -0.3 is 16.0 Å². The van der Waals surface area contributed by atoms with Gasteiger partial charge in [0.2, 0.25) is 0 Å². The van der Waals surface area contributed by atoms with Crippen molar-refractivity contribution in [1.29, 1.82) is 0 Å². The summed E-state index contributed by atoms with van der Waals surface area (Å²) < 4.78 is 2.36. The van der Waals surface area contributed by atoms with Crippen molar-refractivity contribution < 1.29 is 0 Å². The minimum absolute atomic E-state index is 0.648. The van der Waals surface area contributed by atoms with Crippen molar-refractivity contribution in [2.45, 2.75) is 13.3 Å². The molecule has 0 radical (unpaired) electrons. The molecule has 0 atom stereocenters. The smallest absolute Gasteiger partial charge is 0.0634 e. The lowest BCUT2D eigenvalue weighted by Crippen LogP contribution is -1.98. The molecule has 1 aromatic heterocycles. The lowest BCUT2D eigenvalue weighted by atomic mass is 9.93. The molecule has 0 aliphatic rings. The van der Waals surface area contributed by atoms with Crippen LogP contribution in [0.2, 0.25) is 0 Å². The largest absolute Gasteiger partial charge is 0.397 e. The van der Waals surface area contributed by atoms with Crippen LogP contribution in [0.3, 0.4) is 0 Å². The molecule has 9 aromatic rings. The first-order valence-corrected chi connectivity index (χ1v) is 16.8. The Kier molecular flexibility index (Phi) is 7.79. The molecule has 3 heteroatoms. The highest BCUT2D eigenvalue weighted by Crippen LogP contribution is 2.40. The maximum Gasteiger partial charge on any atom is 0.0634 e. The van der Waals surface area contributed by atoms with Crippen LogP contribution in [-0.4, -0.2) is 4.57 Å². The normalized spacial score (nSPS) is 11.2. The number of aryl methyl sites for hydroxylation is 1. The number of hydrogen-bond acceptors (Lipinski definition) is 2. The Labute approximate surface area is 286 Å². The highest BCUT2D eigenvalue weighted by molar-refractivity contribution is 6.20. The molecule has 4 N–H and O–H groups in total. The molecule has 0 aliphatic carbocycles. The van der Waals surface area contributed by atoms with E-state index in [0.717, 1.165) is 28.0 Å². The van der Waals surface area contributed by atoms with Gasteiger partial charge in [0.15, 0.2) is 0 Å². The first-order valence-electron chi connectivity index (χ1n) is 16.8. The number of rotatable bonds is 4. The maximum atomic E-state index is 6.40. The van der Waals surface area contributed by atoms with E-state index in [9.17, 15) is 0 Å². The quantitative estimate of drug-likeness (QED) is 0.115. The molecule has 0 fully saturated rings. The average molecular weight is 632 g/mol. The fourth-order valence-corrected chi connectivity index (χ4v) is 7.03. The molecule has 236 valence electrons. The van der Waals surface area contributed by atoms with Crippen LogP contribution >= 0.6 is 0 Å². The Hall–Kier alpha value is -6.32. The molecule has 0 bridgehead atoms. The van der Waals surface area contributed by atoms with Crippen molar-refractivity contribution >= 4 is 54.7 Å². The number of anilines is 2. The summed E-state index contributed by atoms with van der Waals surface area (Å²) in [5.41, 5.74) is 24.0. The second-order valence-corrected chi connectivity index (χ2v) is 12.5. The summed E-state index contributed by atoms with van der Waals surface area (Å²) in [6.45, 7) is 2.20. The lowest BCUT2D eigenvalue weighted by Gasteiger charge is -2.14. The van der Waals surface area contributed by atoms with E-state index in [1.54, 1.807) is 0 Å². The second kappa shape index (κ2) is 12.7. The molecule has 0 saturated heterocycles. The fourth-order valence-electron chi connectivity index (χ4n) is 7.03. The molecule has 8 aromatic carbocycles. The Morgan fingerprint density at radius 1 is 0.388 bits per heavy atom. The first kappa shape index (κ1) is 30.0. The van der Waals surface area contributed by atoms with Crippen LogP contribution in [0.4, 0.5) is 11.4 Å². The fraction of sp³-hybridized carbons (Fsp3) is 0.0435. The summed E-state index contributed by atoms with van der Waals surface area (Å²) in [6.07, 6.45) is 1.06. The highest BCUT2D eigenvalue weighted by Gasteiger charge is 2.13. The topological polar surface area (TPSA) is 57.0 Å². The van der Waals surface area contributed by atoms with E-state index < -0.39 is 0 Å². The molecule has 1 heterocycles. The minimum atomic E-state index is 0.648. The van der Waals surface area contributed by atoms with Crippen LogP contribution < -0.4 is 11.5 Å². The minimum Gasteiger partial charge on any atom is -0.397 e. The van der Waals surface area contributed by atoms with Gasteiger partial charge >= 0.3 is 0 Å². The number of aromatic nitrogens is 1. The average Bonchev–Trinajstić information content (AvgIpc) is 3.52. The van der Waals surface area contributed by atoms with E-state index in [0.29, 0.717) is 11.4 Å². The maximum absolute atomic E-state index is 6.40. The van der Waals surface area contributed by atoms with Gasteiger partial charge in [-0.25, -0.2) is 0 Å². The van der Waals surface area contributed by atoms with Crippen LogP contribution in [0.1, 0.15) is 12.5 Å². The molecule has 0 spiro atoms. The zero-order chi connectivity index (χ0) is 33.3. The first-order chi connectivity index (χ1) is 24.1. The van der Waals surface area contributed by atoms with Gasteiger partial charge in [0, 0.05) is 27.2 Å². The van der Waals surface area contributed by atoms with Gasteiger partial charge in [-0.1, -0.05) is 140 Å². The van der Waals surface area contributed by atoms with E-state index in [1.807, 2.05) is 12.1 Å². The predicted molar refractivity (Wildman–Crippen MR) is 211 cm³/mol. The molecule has 0 aliphatic heterocycles. The summed E-state index contributed by atoms with van der Waals surface area (Å²) in [5.74, 6) is 0. The van der Waals surface area contributed by atoms with E-state index >= 15 is 0 Å². The number of para-hydroxylation sites is 2. The van der Waals surface area contributed by atoms with Crippen molar-refractivity contribution in [2.75, 3.05) is 11.5 Å². The van der Waals surface area contributed by atoms with Crippen LogP contribution in [0, 0.1) is 0 Å². The Bertz CT molecular complexity index is 2440.